The summed E-state index contributed by atoms with van der Waals surface area (Å²) >= 11 is 1.34. The molecule has 1 N–H and O–H groups in total. The molecule has 1 amide bonds. The predicted octanol–water partition coefficient (Wildman–Crippen LogP) is 3.22. The predicted molar refractivity (Wildman–Crippen MR) is 72.3 cm³/mol. The zero-order chi connectivity index (χ0) is 13.5. The Hall–Kier alpha value is -1.75. The fraction of sp³-hybridized carbons (Fsp3) is 0.214. The average Bonchev–Trinajstić information content (AvgIpc) is 2.92. The lowest BCUT2D eigenvalue weighted by atomic mass is 10.3. The summed E-state index contributed by atoms with van der Waals surface area (Å²) in [6.07, 6.45) is 1.91. The minimum absolute atomic E-state index is 0.0692. The molecule has 100 valence electrons. The van der Waals surface area contributed by atoms with E-state index in [2.05, 4.69) is 5.32 Å². The second kappa shape index (κ2) is 6.99. The van der Waals surface area contributed by atoms with Gasteiger partial charge in [0.05, 0.1) is 12.8 Å². The number of amides is 1. The van der Waals surface area contributed by atoms with Crippen molar-refractivity contribution in [3.63, 3.8) is 0 Å². The molecule has 0 saturated heterocycles. The van der Waals surface area contributed by atoms with Crippen LogP contribution in [-0.2, 0) is 11.3 Å². The van der Waals surface area contributed by atoms with Gasteiger partial charge in [-0.25, -0.2) is 4.39 Å². The van der Waals surface area contributed by atoms with Crippen LogP contribution in [0.2, 0.25) is 0 Å². The summed E-state index contributed by atoms with van der Waals surface area (Å²) in [4.78, 5) is 12.1. The highest BCUT2D eigenvalue weighted by Gasteiger charge is 2.05. The highest BCUT2D eigenvalue weighted by molar-refractivity contribution is 7.99. The van der Waals surface area contributed by atoms with Crippen molar-refractivity contribution in [2.24, 2.45) is 0 Å². The summed E-state index contributed by atoms with van der Waals surface area (Å²) in [6, 6.07) is 10.1. The first-order valence-electron chi connectivity index (χ1n) is 5.92. The van der Waals surface area contributed by atoms with Gasteiger partial charge in [-0.05, 0) is 24.3 Å². The number of carbonyl (C=O) groups is 1. The molecular weight excluding hydrogens is 265 g/mol. The molecule has 0 radical (unpaired) electrons. The van der Waals surface area contributed by atoms with E-state index in [9.17, 15) is 9.18 Å². The number of benzene rings is 1. The molecule has 1 aromatic carbocycles. The van der Waals surface area contributed by atoms with Gasteiger partial charge >= 0.3 is 0 Å². The molecule has 0 spiro atoms. The summed E-state index contributed by atoms with van der Waals surface area (Å²) in [6.45, 7) is 0.385. The second-order valence-corrected chi connectivity index (χ2v) is 5.02. The minimum Gasteiger partial charge on any atom is -0.467 e. The number of nitrogens with one attached hydrogen (secondary N) is 1. The maximum Gasteiger partial charge on any atom is 0.221 e. The number of hydrogen-bond donors (Lipinski definition) is 1. The Morgan fingerprint density at radius 1 is 1.26 bits per heavy atom. The van der Waals surface area contributed by atoms with Crippen LogP contribution in [0.25, 0.3) is 0 Å². The van der Waals surface area contributed by atoms with Crippen molar-refractivity contribution in [3.05, 3.63) is 54.2 Å². The highest BCUT2D eigenvalue weighted by atomic mass is 32.2. The lowest BCUT2D eigenvalue weighted by Gasteiger charge is -2.04. The maximum absolute atomic E-state index is 13.3. The number of halogens is 1. The maximum atomic E-state index is 13.3. The van der Waals surface area contributed by atoms with Gasteiger partial charge in [0.1, 0.15) is 11.6 Å². The Bertz CT molecular complexity index is 528. The third kappa shape index (κ3) is 4.44. The topological polar surface area (TPSA) is 42.2 Å². The van der Waals surface area contributed by atoms with Gasteiger partial charge in [-0.1, -0.05) is 12.1 Å². The van der Waals surface area contributed by atoms with Gasteiger partial charge < -0.3 is 9.73 Å². The summed E-state index contributed by atoms with van der Waals surface area (Å²) in [5, 5.41) is 2.75. The molecule has 0 aliphatic heterocycles. The summed E-state index contributed by atoms with van der Waals surface area (Å²) in [5.74, 6) is 0.948. The van der Waals surface area contributed by atoms with E-state index in [0.717, 1.165) is 5.76 Å². The van der Waals surface area contributed by atoms with E-state index in [0.29, 0.717) is 23.6 Å². The summed E-state index contributed by atoms with van der Waals surface area (Å²) < 4.78 is 18.4. The third-order valence-electron chi connectivity index (χ3n) is 2.46. The molecule has 0 aliphatic rings. The lowest BCUT2D eigenvalue weighted by molar-refractivity contribution is -0.120. The van der Waals surface area contributed by atoms with Crippen LogP contribution >= 0.6 is 11.8 Å². The number of thioether (sulfide) groups is 1. The molecular formula is C14H14FNO2S. The van der Waals surface area contributed by atoms with Crippen LogP contribution in [0.1, 0.15) is 12.2 Å². The minimum atomic E-state index is -0.247. The molecule has 0 atom stereocenters. The smallest absolute Gasteiger partial charge is 0.221 e. The van der Waals surface area contributed by atoms with E-state index in [-0.39, 0.29) is 11.7 Å². The Balaban J connectivity index is 1.68. The molecule has 1 heterocycles. The van der Waals surface area contributed by atoms with E-state index < -0.39 is 0 Å². The molecule has 5 heteroatoms. The molecule has 0 saturated carbocycles. The standard InChI is InChI=1S/C14H14FNO2S/c15-12-5-1-2-6-13(12)19-9-7-14(17)16-10-11-4-3-8-18-11/h1-6,8H,7,9-10H2,(H,16,17). The normalized spacial score (nSPS) is 10.4. The van der Waals surface area contributed by atoms with Crippen LogP contribution in [0.3, 0.4) is 0 Å². The van der Waals surface area contributed by atoms with Crippen LogP contribution in [-0.4, -0.2) is 11.7 Å². The molecule has 3 nitrogen and oxygen atoms in total. The van der Waals surface area contributed by atoms with E-state index >= 15 is 0 Å². The van der Waals surface area contributed by atoms with E-state index in [1.54, 1.807) is 36.6 Å². The van der Waals surface area contributed by atoms with Crippen LogP contribution in [0.15, 0.2) is 52.0 Å². The van der Waals surface area contributed by atoms with Gasteiger partial charge in [-0.2, -0.15) is 0 Å². The number of rotatable bonds is 6. The first kappa shape index (κ1) is 13.7. The van der Waals surface area contributed by atoms with Crippen molar-refractivity contribution < 1.29 is 13.6 Å². The van der Waals surface area contributed by atoms with Gasteiger partial charge in [0, 0.05) is 17.1 Å². The van der Waals surface area contributed by atoms with E-state index in [1.807, 2.05) is 0 Å². The van der Waals surface area contributed by atoms with Crippen LogP contribution in [0.4, 0.5) is 4.39 Å². The van der Waals surface area contributed by atoms with Gasteiger partial charge in [0.25, 0.3) is 0 Å². The third-order valence-corrected chi connectivity index (χ3v) is 3.51. The molecule has 19 heavy (non-hydrogen) atoms. The molecule has 0 unspecified atom stereocenters. The number of furan rings is 1. The van der Waals surface area contributed by atoms with Gasteiger partial charge in [0.15, 0.2) is 0 Å². The van der Waals surface area contributed by atoms with Crippen molar-refractivity contribution in [3.8, 4) is 0 Å². The number of hydrogen-bond acceptors (Lipinski definition) is 3. The van der Waals surface area contributed by atoms with Crippen molar-refractivity contribution in [1.29, 1.82) is 0 Å². The van der Waals surface area contributed by atoms with E-state index in [4.69, 9.17) is 4.42 Å². The fourth-order valence-corrected chi connectivity index (χ4v) is 2.39. The van der Waals surface area contributed by atoms with Gasteiger partial charge in [-0.3, -0.25) is 4.79 Å². The molecule has 0 bridgehead atoms. The largest absolute Gasteiger partial charge is 0.467 e. The van der Waals surface area contributed by atoms with Crippen LogP contribution in [0, 0.1) is 5.82 Å². The second-order valence-electron chi connectivity index (χ2n) is 3.88. The molecule has 2 rings (SSSR count). The first-order valence-corrected chi connectivity index (χ1v) is 6.90. The quantitative estimate of drug-likeness (QED) is 0.826. The van der Waals surface area contributed by atoms with Crippen molar-refractivity contribution >= 4 is 17.7 Å². The Kier molecular flexibility index (Phi) is 5.03. The Labute approximate surface area is 115 Å². The number of carbonyl (C=O) groups excluding carboxylic acids is 1. The average molecular weight is 279 g/mol. The lowest BCUT2D eigenvalue weighted by Crippen LogP contribution is -2.22. The summed E-state index contributed by atoms with van der Waals surface area (Å²) in [5.41, 5.74) is 0. The van der Waals surface area contributed by atoms with Crippen molar-refractivity contribution in [2.75, 3.05) is 5.75 Å². The molecule has 0 fully saturated rings. The fourth-order valence-electron chi connectivity index (χ4n) is 1.50. The van der Waals surface area contributed by atoms with Crippen molar-refractivity contribution in [2.45, 2.75) is 17.9 Å². The van der Waals surface area contributed by atoms with Gasteiger partial charge in [-0.15, -0.1) is 11.8 Å². The zero-order valence-electron chi connectivity index (χ0n) is 10.3. The Morgan fingerprint density at radius 3 is 2.84 bits per heavy atom. The van der Waals surface area contributed by atoms with Crippen molar-refractivity contribution in [1.82, 2.24) is 5.32 Å². The zero-order valence-corrected chi connectivity index (χ0v) is 11.1. The molecule has 1 aromatic heterocycles. The van der Waals surface area contributed by atoms with Crippen LogP contribution in [0.5, 0.6) is 0 Å². The van der Waals surface area contributed by atoms with E-state index in [1.165, 1.54) is 17.8 Å². The van der Waals surface area contributed by atoms with Gasteiger partial charge in [0.2, 0.25) is 5.91 Å². The monoisotopic (exact) mass is 279 g/mol. The molecule has 2 aromatic rings. The SMILES string of the molecule is O=C(CCSc1ccccc1F)NCc1ccco1. The summed E-state index contributed by atoms with van der Waals surface area (Å²) in [7, 11) is 0. The molecule has 0 aliphatic carbocycles. The Morgan fingerprint density at radius 2 is 2.11 bits per heavy atom. The highest BCUT2D eigenvalue weighted by Crippen LogP contribution is 2.21. The van der Waals surface area contributed by atoms with Crippen LogP contribution < -0.4 is 5.32 Å². The first-order chi connectivity index (χ1) is 9.25.